The molecule has 96 valence electrons. The number of aromatic nitrogens is 2. The minimum absolute atomic E-state index is 0.161. The molecule has 0 aliphatic rings. The van der Waals surface area contributed by atoms with Crippen molar-refractivity contribution in [3.05, 3.63) is 22.5 Å². The van der Waals surface area contributed by atoms with Crippen molar-refractivity contribution < 1.29 is 9.66 Å². The van der Waals surface area contributed by atoms with Crippen LogP contribution >= 0.6 is 0 Å². The van der Waals surface area contributed by atoms with E-state index in [0.29, 0.717) is 32.1 Å². The fourth-order valence-corrected chi connectivity index (χ4v) is 1.27. The Labute approximate surface area is 104 Å². The number of hydrogen-bond acceptors (Lipinski definition) is 7. The number of nitriles is 1. The van der Waals surface area contributed by atoms with E-state index in [0.717, 1.165) is 12.4 Å². The lowest BCUT2D eigenvalue weighted by Gasteiger charge is -2.20. The average molecular weight is 251 g/mol. The molecule has 1 rings (SSSR count). The van der Waals surface area contributed by atoms with Gasteiger partial charge in [0, 0.05) is 20.2 Å². The van der Waals surface area contributed by atoms with E-state index in [9.17, 15) is 10.1 Å². The van der Waals surface area contributed by atoms with Crippen molar-refractivity contribution in [3.63, 3.8) is 0 Å². The van der Waals surface area contributed by atoms with Crippen molar-refractivity contribution in [1.29, 1.82) is 5.26 Å². The Morgan fingerprint density at radius 1 is 1.50 bits per heavy atom. The van der Waals surface area contributed by atoms with Crippen LogP contribution in [-0.2, 0) is 4.74 Å². The summed E-state index contributed by atoms with van der Waals surface area (Å²) in [6.45, 7) is 1.44. The molecule has 8 heteroatoms. The highest BCUT2D eigenvalue weighted by atomic mass is 16.6. The molecular formula is C10H13N5O3. The normalized spacial score (nSPS) is 9.78. The number of ether oxygens (including phenoxy) is 1. The van der Waals surface area contributed by atoms with Crippen LogP contribution in [-0.4, -0.2) is 41.7 Å². The molecule has 8 nitrogen and oxygen atoms in total. The molecule has 0 bridgehead atoms. The first-order valence-corrected chi connectivity index (χ1v) is 5.26. The number of methoxy groups -OCH3 is 1. The molecule has 0 aromatic carbocycles. The number of nitro groups is 1. The topological polar surface area (TPSA) is 105 Å². The van der Waals surface area contributed by atoms with Gasteiger partial charge < -0.3 is 9.64 Å². The minimum Gasteiger partial charge on any atom is -0.383 e. The summed E-state index contributed by atoms with van der Waals surface area (Å²) in [6, 6.07) is 2.03. The molecule has 0 N–H and O–H groups in total. The van der Waals surface area contributed by atoms with Crippen LogP contribution in [0.25, 0.3) is 0 Å². The van der Waals surface area contributed by atoms with Crippen LogP contribution in [0.1, 0.15) is 6.42 Å². The van der Waals surface area contributed by atoms with E-state index in [1.807, 2.05) is 6.07 Å². The molecule has 18 heavy (non-hydrogen) atoms. The second kappa shape index (κ2) is 7.13. The standard InChI is InChI=1S/C10H13N5O3/c1-18-6-5-14(4-2-3-11)10-12-7-9(8-13-10)15(16)17/h7-8H,2,4-6H2,1H3. The molecule has 0 saturated heterocycles. The molecule has 0 fully saturated rings. The molecule has 0 spiro atoms. The summed E-state index contributed by atoms with van der Waals surface area (Å²) < 4.78 is 4.95. The summed E-state index contributed by atoms with van der Waals surface area (Å²) in [6.07, 6.45) is 2.62. The summed E-state index contributed by atoms with van der Waals surface area (Å²) in [5.74, 6) is 0.355. The second-order valence-corrected chi connectivity index (χ2v) is 3.39. The monoisotopic (exact) mass is 251 g/mol. The fraction of sp³-hybridized carbons (Fsp3) is 0.500. The first-order chi connectivity index (χ1) is 8.69. The predicted molar refractivity (Wildman–Crippen MR) is 63.0 cm³/mol. The van der Waals surface area contributed by atoms with Gasteiger partial charge >= 0.3 is 5.69 Å². The van der Waals surface area contributed by atoms with Gasteiger partial charge in [0.15, 0.2) is 0 Å². The molecule has 1 aromatic heterocycles. The van der Waals surface area contributed by atoms with Crippen molar-refractivity contribution in [2.75, 3.05) is 31.7 Å². The number of nitrogens with zero attached hydrogens (tertiary/aromatic N) is 5. The van der Waals surface area contributed by atoms with Crippen molar-refractivity contribution >= 4 is 11.6 Å². The van der Waals surface area contributed by atoms with Crippen molar-refractivity contribution in [2.45, 2.75) is 6.42 Å². The van der Waals surface area contributed by atoms with Gasteiger partial charge in [-0.3, -0.25) is 10.1 Å². The molecular weight excluding hydrogens is 238 g/mol. The van der Waals surface area contributed by atoms with Gasteiger partial charge in [0.25, 0.3) is 0 Å². The number of anilines is 1. The predicted octanol–water partition coefficient (Wildman–Crippen LogP) is 0.751. The Morgan fingerprint density at radius 2 is 2.17 bits per heavy atom. The van der Waals surface area contributed by atoms with Gasteiger partial charge in [0.1, 0.15) is 12.4 Å². The van der Waals surface area contributed by atoms with E-state index in [1.54, 1.807) is 12.0 Å². The highest BCUT2D eigenvalue weighted by molar-refractivity contribution is 5.33. The molecule has 1 aromatic rings. The lowest BCUT2D eigenvalue weighted by atomic mass is 10.4. The zero-order chi connectivity index (χ0) is 13.4. The Morgan fingerprint density at radius 3 is 2.67 bits per heavy atom. The third-order valence-corrected chi connectivity index (χ3v) is 2.18. The summed E-state index contributed by atoms with van der Waals surface area (Å²) in [4.78, 5) is 19.5. The quantitative estimate of drug-likeness (QED) is 0.520. The van der Waals surface area contributed by atoms with Crippen LogP contribution in [0.2, 0.25) is 0 Å². The van der Waals surface area contributed by atoms with Crippen LogP contribution < -0.4 is 4.90 Å². The third-order valence-electron chi connectivity index (χ3n) is 2.18. The highest BCUT2D eigenvalue weighted by Gasteiger charge is 2.12. The Kier molecular flexibility index (Phi) is 5.47. The van der Waals surface area contributed by atoms with Gasteiger partial charge in [-0.15, -0.1) is 0 Å². The van der Waals surface area contributed by atoms with Crippen LogP contribution in [0.3, 0.4) is 0 Å². The van der Waals surface area contributed by atoms with Crippen LogP contribution in [0, 0.1) is 21.4 Å². The van der Waals surface area contributed by atoms with E-state index in [-0.39, 0.29) is 5.69 Å². The lowest BCUT2D eigenvalue weighted by molar-refractivity contribution is -0.385. The van der Waals surface area contributed by atoms with Gasteiger partial charge in [0.05, 0.1) is 24.0 Å². The Hall–Kier alpha value is -2.27. The second-order valence-electron chi connectivity index (χ2n) is 3.39. The zero-order valence-corrected chi connectivity index (χ0v) is 9.94. The lowest BCUT2D eigenvalue weighted by Crippen LogP contribution is -2.29. The van der Waals surface area contributed by atoms with Gasteiger partial charge in [-0.2, -0.15) is 5.26 Å². The maximum Gasteiger partial charge on any atom is 0.305 e. The number of hydrogen-bond donors (Lipinski definition) is 0. The van der Waals surface area contributed by atoms with Gasteiger partial charge in [-0.1, -0.05) is 0 Å². The first-order valence-electron chi connectivity index (χ1n) is 5.26. The van der Waals surface area contributed by atoms with Gasteiger partial charge in [-0.25, -0.2) is 9.97 Å². The maximum atomic E-state index is 10.5. The largest absolute Gasteiger partial charge is 0.383 e. The minimum atomic E-state index is -0.557. The van der Waals surface area contributed by atoms with Crippen LogP contribution in [0.5, 0.6) is 0 Å². The fourth-order valence-electron chi connectivity index (χ4n) is 1.27. The molecule has 0 unspecified atom stereocenters. The molecule has 0 saturated carbocycles. The summed E-state index contributed by atoms with van der Waals surface area (Å²) in [5.41, 5.74) is -0.161. The molecule has 0 aliphatic heterocycles. The van der Waals surface area contributed by atoms with Gasteiger partial charge in [0.2, 0.25) is 5.95 Å². The summed E-state index contributed by atoms with van der Waals surface area (Å²) in [7, 11) is 1.57. The number of rotatable bonds is 7. The highest BCUT2D eigenvalue weighted by Crippen LogP contribution is 2.12. The third kappa shape index (κ3) is 3.95. The van der Waals surface area contributed by atoms with Crippen molar-refractivity contribution in [3.8, 4) is 6.07 Å². The van der Waals surface area contributed by atoms with Crippen molar-refractivity contribution in [2.24, 2.45) is 0 Å². The molecule has 1 heterocycles. The van der Waals surface area contributed by atoms with Crippen molar-refractivity contribution in [1.82, 2.24) is 9.97 Å². The van der Waals surface area contributed by atoms with Gasteiger partial charge in [-0.05, 0) is 0 Å². The first kappa shape index (κ1) is 13.8. The van der Waals surface area contributed by atoms with E-state index in [4.69, 9.17) is 10.00 Å². The molecule has 0 amide bonds. The Balaban J connectivity index is 2.77. The van der Waals surface area contributed by atoms with E-state index >= 15 is 0 Å². The molecule has 0 aliphatic carbocycles. The maximum absolute atomic E-state index is 10.5. The molecule has 0 atom stereocenters. The molecule has 0 radical (unpaired) electrons. The van der Waals surface area contributed by atoms with Crippen LogP contribution in [0.15, 0.2) is 12.4 Å². The smallest absolute Gasteiger partial charge is 0.305 e. The summed E-state index contributed by atoms with van der Waals surface area (Å²) in [5, 5.41) is 19.0. The SMILES string of the molecule is COCCN(CCC#N)c1ncc([N+](=O)[O-])cn1. The van der Waals surface area contributed by atoms with Crippen LogP contribution in [0.4, 0.5) is 11.6 Å². The zero-order valence-electron chi connectivity index (χ0n) is 9.94. The van der Waals surface area contributed by atoms with E-state index in [2.05, 4.69) is 9.97 Å². The Bertz CT molecular complexity index is 428. The average Bonchev–Trinajstić information content (AvgIpc) is 2.39. The van der Waals surface area contributed by atoms with E-state index in [1.165, 1.54) is 0 Å². The summed E-state index contributed by atoms with van der Waals surface area (Å²) >= 11 is 0. The van der Waals surface area contributed by atoms with E-state index < -0.39 is 4.92 Å².